The summed E-state index contributed by atoms with van der Waals surface area (Å²) >= 11 is 2.90. The first-order chi connectivity index (χ1) is 19.4. The summed E-state index contributed by atoms with van der Waals surface area (Å²) < 4.78 is 43.1. The predicted octanol–water partition coefficient (Wildman–Crippen LogP) is 4.45. The number of nitrogens with zero attached hydrogens (tertiary/aromatic N) is 5. The highest BCUT2D eigenvalue weighted by Gasteiger charge is 2.36. The fourth-order valence-corrected chi connectivity index (χ4v) is 5.25. The molecule has 5 rings (SSSR count). The van der Waals surface area contributed by atoms with Crippen LogP contribution in [0.15, 0.2) is 64.0 Å². The minimum Gasteiger partial charge on any atom is -0.355 e. The average Bonchev–Trinajstić information content (AvgIpc) is 3.38. The Kier molecular flexibility index (Phi) is 7.32. The van der Waals surface area contributed by atoms with Crippen LogP contribution in [0.5, 0.6) is 0 Å². The number of alkyl halides is 3. The third-order valence-corrected chi connectivity index (χ3v) is 7.61. The first kappa shape index (κ1) is 28.3. The van der Waals surface area contributed by atoms with Gasteiger partial charge in [0.05, 0.1) is 29.2 Å². The standard InChI is InChI=1S/C28H24BrF3N6O3/c1-15-10-11-37(35-15)27-34-23-14-36(25(40)18-6-9-22(29)21(13-18)28(30,31)32)16(2)12-20(23)26(41)38(27)19-7-4-17(5-8-19)24(39)33-3/h4-11,13,16H,12,14H2,1-3H3,(H,33,39)/t16-/m1/s1. The summed E-state index contributed by atoms with van der Waals surface area (Å²) in [7, 11) is 1.52. The molecule has 1 N–H and O–H groups in total. The van der Waals surface area contributed by atoms with Gasteiger partial charge in [-0.1, -0.05) is 15.9 Å². The molecule has 0 saturated carbocycles. The van der Waals surface area contributed by atoms with Crippen molar-refractivity contribution in [3.8, 4) is 11.6 Å². The monoisotopic (exact) mass is 628 g/mol. The van der Waals surface area contributed by atoms with Gasteiger partial charge in [0.15, 0.2) is 0 Å². The van der Waals surface area contributed by atoms with Crippen molar-refractivity contribution in [2.75, 3.05) is 7.05 Å². The molecule has 0 unspecified atom stereocenters. The molecule has 13 heteroatoms. The highest BCUT2D eigenvalue weighted by molar-refractivity contribution is 9.10. The van der Waals surface area contributed by atoms with Gasteiger partial charge in [0.25, 0.3) is 17.4 Å². The molecule has 0 aliphatic carbocycles. The van der Waals surface area contributed by atoms with Gasteiger partial charge in [-0.2, -0.15) is 18.3 Å². The predicted molar refractivity (Wildman–Crippen MR) is 147 cm³/mol. The van der Waals surface area contributed by atoms with E-state index in [2.05, 4.69) is 26.3 Å². The lowest BCUT2D eigenvalue weighted by Crippen LogP contribution is -2.46. The molecule has 0 bridgehead atoms. The molecule has 0 fully saturated rings. The van der Waals surface area contributed by atoms with Crippen molar-refractivity contribution in [1.29, 1.82) is 0 Å². The summed E-state index contributed by atoms with van der Waals surface area (Å²) in [5.74, 6) is -0.713. The van der Waals surface area contributed by atoms with E-state index in [1.807, 2.05) is 0 Å². The van der Waals surface area contributed by atoms with Gasteiger partial charge in [-0.05, 0) is 68.8 Å². The van der Waals surface area contributed by atoms with E-state index in [9.17, 15) is 27.6 Å². The van der Waals surface area contributed by atoms with Gasteiger partial charge in [0.1, 0.15) is 0 Å². The number of carbonyl (C=O) groups excluding carboxylic acids is 2. The van der Waals surface area contributed by atoms with Crippen molar-refractivity contribution in [3.05, 3.63) is 103 Å². The molecule has 3 heterocycles. The molecule has 2 amide bonds. The number of nitrogens with one attached hydrogen (secondary N) is 1. The molecule has 0 spiro atoms. The lowest BCUT2D eigenvalue weighted by Gasteiger charge is -2.34. The second-order valence-electron chi connectivity index (χ2n) is 9.68. The number of benzene rings is 2. The Labute approximate surface area is 240 Å². The van der Waals surface area contributed by atoms with Gasteiger partial charge >= 0.3 is 6.18 Å². The zero-order valence-corrected chi connectivity index (χ0v) is 23.7. The molecule has 1 atom stereocenters. The molecule has 2 aromatic carbocycles. The second-order valence-corrected chi connectivity index (χ2v) is 10.5. The molecule has 9 nitrogen and oxygen atoms in total. The van der Waals surface area contributed by atoms with E-state index in [1.165, 1.54) is 33.3 Å². The van der Waals surface area contributed by atoms with Gasteiger partial charge < -0.3 is 10.2 Å². The largest absolute Gasteiger partial charge is 0.417 e. The van der Waals surface area contributed by atoms with Crippen LogP contribution in [0.3, 0.4) is 0 Å². The maximum Gasteiger partial charge on any atom is 0.417 e. The van der Waals surface area contributed by atoms with E-state index in [0.717, 1.165) is 6.07 Å². The van der Waals surface area contributed by atoms with Crippen molar-refractivity contribution in [2.24, 2.45) is 0 Å². The van der Waals surface area contributed by atoms with Gasteiger partial charge in [0.2, 0.25) is 5.95 Å². The highest BCUT2D eigenvalue weighted by atomic mass is 79.9. The van der Waals surface area contributed by atoms with Gasteiger partial charge in [-0.3, -0.25) is 14.4 Å². The van der Waals surface area contributed by atoms with E-state index in [1.54, 1.807) is 50.4 Å². The molecule has 2 aromatic heterocycles. The van der Waals surface area contributed by atoms with Crippen LogP contribution in [0.1, 0.15) is 50.2 Å². The van der Waals surface area contributed by atoms with E-state index in [4.69, 9.17) is 4.98 Å². The van der Waals surface area contributed by atoms with Crippen molar-refractivity contribution in [2.45, 2.75) is 39.0 Å². The van der Waals surface area contributed by atoms with Gasteiger partial charge in [0, 0.05) is 40.4 Å². The summed E-state index contributed by atoms with van der Waals surface area (Å²) in [5, 5.41) is 6.96. The molecule has 1 aliphatic rings. The zero-order chi connectivity index (χ0) is 29.6. The molecule has 0 saturated heterocycles. The minimum atomic E-state index is -4.64. The molecule has 4 aromatic rings. The Morgan fingerprint density at radius 3 is 2.37 bits per heavy atom. The lowest BCUT2D eigenvalue weighted by atomic mass is 9.98. The molecule has 0 radical (unpaired) electrons. The minimum absolute atomic E-state index is 0.0777. The SMILES string of the molecule is CNC(=O)c1ccc(-n2c(-n3ccc(C)n3)nc3c(c2=O)C[C@@H](C)N(C(=O)c2ccc(Br)c(C(F)(F)F)c2)C3)cc1. The maximum absolute atomic E-state index is 13.9. The average molecular weight is 629 g/mol. The molecular weight excluding hydrogens is 605 g/mol. The third kappa shape index (κ3) is 5.29. The fourth-order valence-electron chi connectivity index (χ4n) is 4.78. The van der Waals surface area contributed by atoms with Crippen LogP contribution in [0.2, 0.25) is 0 Å². The molecule has 212 valence electrons. The van der Waals surface area contributed by atoms with Crippen LogP contribution < -0.4 is 10.9 Å². The van der Waals surface area contributed by atoms with E-state index >= 15 is 0 Å². The first-order valence-corrected chi connectivity index (χ1v) is 13.4. The number of aromatic nitrogens is 4. The van der Waals surface area contributed by atoms with Gasteiger partial charge in [-0.15, -0.1) is 0 Å². The summed E-state index contributed by atoms with van der Waals surface area (Å²) in [5.41, 5.74) is 0.828. The highest BCUT2D eigenvalue weighted by Crippen LogP contribution is 2.36. The maximum atomic E-state index is 13.9. The Morgan fingerprint density at radius 2 is 1.76 bits per heavy atom. The van der Waals surface area contributed by atoms with Crippen LogP contribution >= 0.6 is 15.9 Å². The number of aryl methyl sites for hydroxylation is 1. The van der Waals surface area contributed by atoms with Crippen molar-refractivity contribution < 1.29 is 22.8 Å². The van der Waals surface area contributed by atoms with Crippen LogP contribution in [0, 0.1) is 6.92 Å². The van der Waals surface area contributed by atoms with E-state index < -0.39 is 23.7 Å². The third-order valence-electron chi connectivity index (χ3n) is 6.92. The summed E-state index contributed by atoms with van der Waals surface area (Å²) in [6, 6.07) is 11.0. The number of halogens is 4. The topological polar surface area (TPSA) is 102 Å². The second kappa shape index (κ2) is 10.6. The first-order valence-electron chi connectivity index (χ1n) is 12.6. The van der Waals surface area contributed by atoms with E-state index in [-0.39, 0.29) is 40.4 Å². The lowest BCUT2D eigenvalue weighted by molar-refractivity contribution is -0.138. The Balaban J connectivity index is 1.59. The molecular formula is C28H24BrF3N6O3. The van der Waals surface area contributed by atoms with Crippen LogP contribution in [0.4, 0.5) is 13.2 Å². The van der Waals surface area contributed by atoms with E-state index in [0.29, 0.717) is 28.2 Å². The smallest absolute Gasteiger partial charge is 0.355 e. The number of fused-ring (bicyclic) bond motifs is 1. The van der Waals surface area contributed by atoms with Crippen molar-refractivity contribution in [1.82, 2.24) is 29.5 Å². The summed E-state index contributed by atoms with van der Waals surface area (Å²) in [4.78, 5) is 45.6. The summed E-state index contributed by atoms with van der Waals surface area (Å²) in [6.07, 6.45) is -2.85. The Morgan fingerprint density at radius 1 is 1.07 bits per heavy atom. The number of hydrogen-bond acceptors (Lipinski definition) is 5. The number of carbonyl (C=O) groups is 2. The van der Waals surface area contributed by atoms with Crippen molar-refractivity contribution >= 4 is 27.7 Å². The molecule has 1 aliphatic heterocycles. The summed E-state index contributed by atoms with van der Waals surface area (Å²) in [6.45, 7) is 3.44. The number of rotatable bonds is 4. The quantitative estimate of drug-likeness (QED) is 0.360. The normalized spacial score (nSPS) is 15.0. The Bertz CT molecular complexity index is 1730. The zero-order valence-electron chi connectivity index (χ0n) is 22.2. The van der Waals surface area contributed by atoms with Crippen molar-refractivity contribution in [3.63, 3.8) is 0 Å². The number of amides is 2. The van der Waals surface area contributed by atoms with Gasteiger partial charge in [-0.25, -0.2) is 14.2 Å². The van der Waals surface area contributed by atoms with Crippen LogP contribution in [0.25, 0.3) is 11.6 Å². The fraction of sp³-hybridized carbons (Fsp3) is 0.250. The van der Waals surface area contributed by atoms with Crippen LogP contribution in [-0.2, 0) is 19.1 Å². The number of hydrogen-bond donors (Lipinski definition) is 1. The molecule has 41 heavy (non-hydrogen) atoms. The van der Waals surface area contributed by atoms with Crippen LogP contribution in [-0.4, -0.2) is 49.1 Å². The Hall–Kier alpha value is -4.26.